The van der Waals surface area contributed by atoms with Gasteiger partial charge in [-0.15, -0.1) is 5.06 Å². The monoisotopic (exact) mass is 616 g/mol. The SMILES string of the molecule is O=C(ON1C(=O)CC(S(=O)(=O)O)C1=O)c1ccc(NC(=O)c2cc(Sc3ccccc3)c([N+](=O)[O-])cc2[N+](=O)[O-])cc1. The molecule has 1 aliphatic rings. The fraction of sp³-hybridized carbons (Fsp3) is 0.0833. The average molecular weight is 617 g/mol. The van der Waals surface area contributed by atoms with Gasteiger partial charge in [0.15, 0.2) is 5.25 Å². The Morgan fingerprint density at radius 1 is 0.976 bits per heavy atom. The highest BCUT2D eigenvalue weighted by Crippen LogP contribution is 2.39. The van der Waals surface area contributed by atoms with Crippen LogP contribution in [0.3, 0.4) is 0 Å². The van der Waals surface area contributed by atoms with Gasteiger partial charge in [-0.25, -0.2) is 4.79 Å². The Morgan fingerprint density at radius 3 is 2.14 bits per heavy atom. The number of carbonyl (C=O) groups is 4. The Bertz CT molecular complexity index is 1740. The zero-order valence-corrected chi connectivity index (χ0v) is 22.4. The van der Waals surface area contributed by atoms with E-state index >= 15 is 0 Å². The molecule has 0 aliphatic carbocycles. The van der Waals surface area contributed by atoms with Crippen LogP contribution in [0, 0.1) is 20.2 Å². The van der Waals surface area contributed by atoms with Gasteiger partial charge in [-0.2, -0.15) is 8.42 Å². The first-order chi connectivity index (χ1) is 19.8. The highest BCUT2D eigenvalue weighted by molar-refractivity contribution is 7.99. The Morgan fingerprint density at radius 2 is 1.60 bits per heavy atom. The number of nitrogens with one attached hydrogen (secondary N) is 1. The van der Waals surface area contributed by atoms with Gasteiger partial charge in [0.1, 0.15) is 5.56 Å². The van der Waals surface area contributed by atoms with Crippen molar-refractivity contribution in [2.24, 2.45) is 0 Å². The van der Waals surface area contributed by atoms with E-state index in [0.717, 1.165) is 30.0 Å². The summed E-state index contributed by atoms with van der Waals surface area (Å²) in [4.78, 5) is 76.1. The van der Waals surface area contributed by atoms with E-state index in [9.17, 15) is 47.8 Å². The van der Waals surface area contributed by atoms with Crippen molar-refractivity contribution >= 4 is 62.6 Å². The van der Waals surface area contributed by atoms with Gasteiger partial charge in [-0.1, -0.05) is 30.0 Å². The molecule has 3 amide bonds. The summed E-state index contributed by atoms with van der Waals surface area (Å²) in [6.07, 6.45) is -0.920. The van der Waals surface area contributed by atoms with Crippen LogP contribution in [0.25, 0.3) is 0 Å². The first kappa shape index (κ1) is 29.8. The Kier molecular flexibility index (Phi) is 8.31. The van der Waals surface area contributed by atoms with E-state index in [1.54, 1.807) is 30.3 Å². The zero-order chi connectivity index (χ0) is 30.8. The molecule has 1 heterocycles. The highest BCUT2D eigenvalue weighted by atomic mass is 32.2. The lowest BCUT2D eigenvalue weighted by Crippen LogP contribution is -2.36. The number of hydrogen-bond acceptors (Lipinski definition) is 12. The van der Waals surface area contributed by atoms with Gasteiger partial charge in [0.05, 0.1) is 32.8 Å². The minimum Gasteiger partial charge on any atom is -0.325 e. The van der Waals surface area contributed by atoms with E-state index in [-0.39, 0.29) is 21.2 Å². The summed E-state index contributed by atoms with van der Waals surface area (Å²) >= 11 is 0.926. The van der Waals surface area contributed by atoms with Crippen molar-refractivity contribution < 1.29 is 46.8 Å². The number of carbonyl (C=O) groups excluding carboxylic acids is 4. The number of hydroxylamine groups is 2. The fourth-order valence-corrected chi connectivity index (χ4v) is 5.33. The molecule has 1 unspecified atom stereocenters. The molecule has 18 heteroatoms. The molecule has 3 aromatic carbocycles. The maximum absolute atomic E-state index is 13.0. The van der Waals surface area contributed by atoms with E-state index in [0.29, 0.717) is 11.0 Å². The average Bonchev–Trinajstić information content (AvgIpc) is 3.22. The third kappa shape index (κ3) is 6.40. The lowest BCUT2D eigenvalue weighted by Gasteiger charge is -2.13. The molecule has 216 valence electrons. The maximum Gasteiger partial charge on any atom is 0.363 e. The van der Waals surface area contributed by atoms with Crippen molar-refractivity contribution in [2.75, 3.05) is 5.32 Å². The number of nitrogens with zero attached hydrogens (tertiary/aromatic N) is 3. The number of benzene rings is 3. The molecule has 1 aliphatic heterocycles. The van der Waals surface area contributed by atoms with Crippen LogP contribution in [-0.4, -0.2) is 56.8 Å². The summed E-state index contributed by atoms with van der Waals surface area (Å²) in [7, 11) is -4.91. The molecular weight excluding hydrogens is 600 g/mol. The third-order valence-electron chi connectivity index (χ3n) is 5.66. The maximum atomic E-state index is 13.0. The quantitative estimate of drug-likeness (QED) is 0.152. The summed E-state index contributed by atoms with van der Waals surface area (Å²) in [5.41, 5.74) is -2.09. The summed E-state index contributed by atoms with van der Waals surface area (Å²) in [5.74, 6) is -4.87. The van der Waals surface area contributed by atoms with Gasteiger partial charge >= 0.3 is 5.97 Å². The molecule has 0 spiro atoms. The molecule has 4 rings (SSSR count). The number of nitro benzene ring substituents is 2. The minimum absolute atomic E-state index is 0.0257. The lowest BCUT2D eigenvalue weighted by atomic mass is 10.1. The van der Waals surface area contributed by atoms with E-state index in [4.69, 9.17) is 4.55 Å². The summed E-state index contributed by atoms with van der Waals surface area (Å²) in [5, 5.41) is 23.5. The number of hydrogen-bond donors (Lipinski definition) is 2. The van der Waals surface area contributed by atoms with Gasteiger partial charge in [-0.3, -0.25) is 39.2 Å². The second kappa shape index (κ2) is 11.7. The minimum atomic E-state index is -4.91. The molecule has 1 fully saturated rings. The van der Waals surface area contributed by atoms with Crippen molar-refractivity contribution in [2.45, 2.75) is 21.5 Å². The van der Waals surface area contributed by atoms with Gasteiger partial charge in [-0.05, 0) is 42.5 Å². The predicted octanol–water partition coefficient (Wildman–Crippen LogP) is 2.99. The summed E-state index contributed by atoms with van der Waals surface area (Å²) in [6, 6.07) is 14.7. The molecule has 2 N–H and O–H groups in total. The molecule has 0 aromatic heterocycles. The summed E-state index contributed by atoms with van der Waals surface area (Å²) in [6.45, 7) is 0. The number of anilines is 1. The molecule has 0 saturated carbocycles. The van der Waals surface area contributed by atoms with E-state index in [1.807, 2.05) is 0 Å². The van der Waals surface area contributed by atoms with Gasteiger partial charge in [0.2, 0.25) is 0 Å². The topological polar surface area (TPSA) is 233 Å². The van der Waals surface area contributed by atoms with Crippen LogP contribution < -0.4 is 5.32 Å². The summed E-state index contributed by atoms with van der Waals surface area (Å²) < 4.78 is 31.5. The van der Waals surface area contributed by atoms with E-state index in [2.05, 4.69) is 10.2 Å². The Balaban J connectivity index is 1.54. The molecule has 16 nitrogen and oxygen atoms in total. The Labute approximate surface area is 239 Å². The van der Waals surface area contributed by atoms with Crippen LogP contribution in [0.4, 0.5) is 17.1 Å². The number of nitro groups is 2. The fourth-order valence-electron chi connectivity index (χ4n) is 3.67. The van der Waals surface area contributed by atoms with Crippen molar-refractivity contribution in [3.05, 3.63) is 98.1 Å². The molecular formula is C24H16N4O12S2. The molecule has 1 saturated heterocycles. The van der Waals surface area contributed by atoms with Crippen LogP contribution in [0.1, 0.15) is 27.1 Å². The van der Waals surface area contributed by atoms with Crippen LogP contribution in [-0.2, 0) is 24.5 Å². The van der Waals surface area contributed by atoms with Crippen LogP contribution in [0.15, 0.2) is 76.5 Å². The van der Waals surface area contributed by atoms with Crippen LogP contribution in [0.5, 0.6) is 0 Å². The van der Waals surface area contributed by atoms with E-state index in [1.165, 1.54) is 12.1 Å². The molecule has 3 aromatic rings. The Hall–Kier alpha value is -5.20. The van der Waals surface area contributed by atoms with Crippen LogP contribution >= 0.6 is 11.8 Å². The van der Waals surface area contributed by atoms with Crippen molar-refractivity contribution in [1.29, 1.82) is 0 Å². The standard InChI is InChI=1S/C24H16N4O12S2/c29-21-12-20(42(37,38)39)23(31)26(21)40-24(32)13-6-8-14(9-7-13)25-22(30)16-10-19(41-15-4-2-1-3-5-15)18(28(35)36)11-17(16)27(33)34/h1-11,20H,12H2,(H,25,30)(H,37,38,39). The lowest BCUT2D eigenvalue weighted by molar-refractivity contribution is -0.396. The normalized spacial score (nSPS) is 14.9. The molecule has 1 atom stereocenters. The van der Waals surface area contributed by atoms with Crippen LogP contribution in [0.2, 0.25) is 0 Å². The van der Waals surface area contributed by atoms with Gasteiger partial charge in [0.25, 0.3) is 39.2 Å². The number of imide groups is 1. The third-order valence-corrected chi connectivity index (χ3v) is 7.80. The second-order valence-corrected chi connectivity index (χ2v) is 11.1. The van der Waals surface area contributed by atoms with Crippen molar-refractivity contribution in [3.8, 4) is 0 Å². The molecule has 42 heavy (non-hydrogen) atoms. The smallest absolute Gasteiger partial charge is 0.325 e. The first-order valence-corrected chi connectivity index (χ1v) is 13.7. The van der Waals surface area contributed by atoms with E-state index < -0.39 is 72.3 Å². The largest absolute Gasteiger partial charge is 0.363 e. The first-order valence-electron chi connectivity index (χ1n) is 11.4. The van der Waals surface area contributed by atoms with Gasteiger partial charge in [0, 0.05) is 10.6 Å². The number of rotatable bonds is 9. The predicted molar refractivity (Wildman–Crippen MR) is 142 cm³/mol. The highest BCUT2D eigenvalue weighted by Gasteiger charge is 2.48. The van der Waals surface area contributed by atoms with Crippen molar-refractivity contribution in [1.82, 2.24) is 5.06 Å². The molecule has 0 radical (unpaired) electrons. The van der Waals surface area contributed by atoms with Gasteiger partial charge < -0.3 is 10.2 Å². The second-order valence-electron chi connectivity index (χ2n) is 8.41. The van der Waals surface area contributed by atoms with Crippen molar-refractivity contribution in [3.63, 3.8) is 0 Å². The zero-order valence-electron chi connectivity index (χ0n) is 20.7. The molecule has 0 bridgehead atoms. The number of amides is 3.